The molecule has 1 heterocycles. The summed E-state index contributed by atoms with van der Waals surface area (Å²) in [6.45, 7) is 4.52. The van der Waals surface area contributed by atoms with Gasteiger partial charge in [-0.25, -0.2) is 4.98 Å². The maximum absolute atomic E-state index is 6.55. The van der Waals surface area contributed by atoms with Gasteiger partial charge < -0.3 is 10.5 Å². The highest BCUT2D eigenvalue weighted by atomic mass is 16.5. The van der Waals surface area contributed by atoms with Gasteiger partial charge in [0, 0.05) is 12.4 Å². The van der Waals surface area contributed by atoms with Crippen LogP contribution in [0.15, 0.2) is 12.4 Å². The van der Waals surface area contributed by atoms with Crippen LogP contribution in [0.4, 0.5) is 0 Å². The van der Waals surface area contributed by atoms with E-state index < -0.39 is 5.54 Å². The van der Waals surface area contributed by atoms with Gasteiger partial charge in [0.05, 0.1) is 12.6 Å². The van der Waals surface area contributed by atoms with Crippen LogP contribution in [0.5, 0.6) is 5.88 Å². The molecular weight excluding hydrogens is 214 g/mol. The maximum atomic E-state index is 6.55. The lowest BCUT2D eigenvalue weighted by molar-refractivity contribution is 0.144. The summed E-state index contributed by atoms with van der Waals surface area (Å²) in [6.07, 6.45) is 7.55. The zero-order valence-corrected chi connectivity index (χ0v) is 10.9. The van der Waals surface area contributed by atoms with Crippen molar-refractivity contribution in [2.75, 3.05) is 7.11 Å². The van der Waals surface area contributed by atoms with Crippen molar-refractivity contribution in [3.8, 4) is 5.88 Å². The van der Waals surface area contributed by atoms with E-state index in [2.05, 4.69) is 23.8 Å². The third-order valence-electron chi connectivity index (χ3n) is 3.60. The third kappa shape index (κ3) is 2.41. The van der Waals surface area contributed by atoms with E-state index in [1.54, 1.807) is 19.5 Å². The van der Waals surface area contributed by atoms with Crippen LogP contribution < -0.4 is 10.5 Å². The van der Waals surface area contributed by atoms with Gasteiger partial charge in [0.1, 0.15) is 5.69 Å². The second kappa shape index (κ2) is 4.26. The first kappa shape index (κ1) is 12.3. The summed E-state index contributed by atoms with van der Waals surface area (Å²) in [4.78, 5) is 8.60. The molecule has 94 valence electrons. The standard InChI is InChI=1S/C13H21N3O/c1-12(2)5-4-6-13(14,9-12)10-11(17-3)16-8-7-15-10/h7-8H,4-6,9,14H2,1-3H3. The van der Waals surface area contributed by atoms with Crippen LogP contribution in [-0.4, -0.2) is 17.1 Å². The Morgan fingerprint density at radius 1 is 1.24 bits per heavy atom. The summed E-state index contributed by atoms with van der Waals surface area (Å²) < 4.78 is 5.28. The van der Waals surface area contributed by atoms with Crippen LogP contribution in [0.3, 0.4) is 0 Å². The lowest BCUT2D eigenvalue weighted by Crippen LogP contribution is -2.45. The average molecular weight is 235 g/mol. The second-order valence-electron chi connectivity index (χ2n) is 5.76. The summed E-state index contributed by atoms with van der Waals surface area (Å²) in [7, 11) is 1.62. The third-order valence-corrected chi connectivity index (χ3v) is 3.60. The smallest absolute Gasteiger partial charge is 0.237 e. The minimum atomic E-state index is -0.401. The van der Waals surface area contributed by atoms with Gasteiger partial charge in [-0.2, -0.15) is 0 Å². The molecule has 1 aromatic heterocycles. The van der Waals surface area contributed by atoms with Gasteiger partial charge in [0.2, 0.25) is 5.88 Å². The predicted molar refractivity (Wildman–Crippen MR) is 66.7 cm³/mol. The van der Waals surface area contributed by atoms with E-state index in [9.17, 15) is 0 Å². The van der Waals surface area contributed by atoms with Crippen molar-refractivity contribution in [2.45, 2.75) is 45.1 Å². The molecule has 1 saturated carbocycles. The molecule has 1 unspecified atom stereocenters. The van der Waals surface area contributed by atoms with E-state index in [1.807, 2.05) is 0 Å². The summed E-state index contributed by atoms with van der Waals surface area (Å²) in [6, 6.07) is 0. The number of rotatable bonds is 2. The van der Waals surface area contributed by atoms with Crippen LogP contribution in [0.2, 0.25) is 0 Å². The molecule has 17 heavy (non-hydrogen) atoms. The zero-order chi connectivity index (χ0) is 12.5. The summed E-state index contributed by atoms with van der Waals surface area (Å²) in [5.41, 5.74) is 7.21. The Morgan fingerprint density at radius 3 is 2.59 bits per heavy atom. The Bertz CT molecular complexity index is 405. The fraction of sp³-hybridized carbons (Fsp3) is 0.692. The highest BCUT2D eigenvalue weighted by molar-refractivity contribution is 5.27. The first-order chi connectivity index (χ1) is 7.97. The van der Waals surface area contributed by atoms with E-state index >= 15 is 0 Å². The van der Waals surface area contributed by atoms with Crippen LogP contribution in [-0.2, 0) is 5.54 Å². The lowest BCUT2D eigenvalue weighted by Gasteiger charge is -2.42. The summed E-state index contributed by atoms with van der Waals surface area (Å²) in [5.74, 6) is 0.563. The topological polar surface area (TPSA) is 61.0 Å². The molecule has 0 amide bonds. The summed E-state index contributed by atoms with van der Waals surface area (Å²) in [5, 5.41) is 0. The number of hydrogen-bond acceptors (Lipinski definition) is 4. The van der Waals surface area contributed by atoms with Gasteiger partial charge in [-0.15, -0.1) is 0 Å². The molecule has 0 aliphatic heterocycles. The minimum Gasteiger partial charge on any atom is -0.480 e. The minimum absolute atomic E-state index is 0.259. The summed E-state index contributed by atoms with van der Waals surface area (Å²) >= 11 is 0. The first-order valence-corrected chi connectivity index (χ1v) is 6.11. The van der Waals surface area contributed by atoms with Crippen molar-refractivity contribution < 1.29 is 4.74 Å². The Morgan fingerprint density at radius 2 is 1.94 bits per heavy atom. The molecule has 1 aromatic rings. The lowest BCUT2D eigenvalue weighted by atomic mass is 9.67. The SMILES string of the molecule is COc1nccnc1C1(N)CCCC(C)(C)C1. The van der Waals surface area contributed by atoms with E-state index in [0.29, 0.717) is 5.88 Å². The van der Waals surface area contributed by atoms with E-state index in [0.717, 1.165) is 25.0 Å². The zero-order valence-electron chi connectivity index (χ0n) is 10.9. The van der Waals surface area contributed by atoms with Crippen molar-refractivity contribution in [1.82, 2.24) is 9.97 Å². The highest BCUT2D eigenvalue weighted by Crippen LogP contribution is 2.45. The molecule has 1 atom stereocenters. The Balaban J connectivity index is 2.37. The number of hydrogen-bond donors (Lipinski definition) is 1. The van der Waals surface area contributed by atoms with Crippen LogP contribution in [0, 0.1) is 5.41 Å². The molecule has 1 aliphatic rings. The second-order valence-corrected chi connectivity index (χ2v) is 5.76. The van der Waals surface area contributed by atoms with Gasteiger partial charge in [0.25, 0.3) is 0 Å². The highest BCUT2D eigenvalue weighted by Gasteiger charge is 2.41. The molecule has 0 spiro atoms. The molecule has 2 N–H and O–H groups in total. The predicted octanol–water partition coefficient (Wildman–Crippen LogP) is 2.24. The molecule has 1 aliphatic carbocycles. The fourth-order valence-electron chi connectivity index (χ4n) is 2.93. The van der Waals surface area contributed by atoms with Crippen LogP contribution in [0.25, 0.3) is 0 Å². The molecule has 1 fully saturated rings. The van der Waals surface area contributed by atoms with Crippen LogP contribution >= 0.6 is 0 Å². The Labute approximate surface area is 103 Å². The first-order valence-electron chi connectivity index (χ1n) is 6.11. The van der Waals surface area contributed by atoms with Gasteiger partial charge in [-0.1, -0.05) is 20.3 Å². The molecule has 2 rings (SSSR count). The van der Waals surface area contributed by atoms with Gasteiger partial charge in [-0.3, -0.25) is 4.98 Å². The normalized spacial score (nSPS) is 27.8. The molecule has 0 saturated heterocycles. The van der Waals surface area contributed by atoms with Crippen molar-refractivity contribution >= 4 is 0 Å². The van der Waals surface area contributed by atoms with Gasteiger partial charge in [-0.05, 0) is 24.7 Å². The number of ether oxygens (including phenoxy) is 1. The van der Waals surface area contributed by atoms with Gasteiger partial charge >= 0.3 is 0 Å². The number of aromatic nitrogens is 2. The molecule has 4 heteroatoms. The molecule has 4 nitrogen and oxygen atoms in total. The maximum Gasteiger partial charge on any atom is 0.237 e. The number of nitrogens with two attached hydrogens (primary N) is 1. The molecule has 0 bridgehead atoms. The molecular formula is C13H21N3O. The number of nitrogens with zero attached hydrogens (tertiary/aromatic N) is 2. The average Bonchev–Trinajstić information content (AvgIpc) is 2.27. The Hall–Kier alpha value is -1.16. The van der Waals surface area contributed by atoms with E-state index in [-0.39, 0.29) is 5.41 Å². The Kier molecular flexibility index (Phi) is 3.08. The van der Waals surface area contributed by atoms with E-state index in [1.165, 1.54) is 6.42 Å². The quantitative estimate of drug-likeness (QED) is 0.854. The van der Waals surface area contributed by atoms with Crippen molar-refractivity contribution in [1.29, 1.82) is 0 Å². The molecule has 0 radical (unpaired) electrons. The fourth-order valence-corrected chi connectivity index (χ4v) is 2.93. The van der Waals surface area contributed by atoms with Crippen molar-refractivity contribution in [3.63, 3.8) is 0 Å². The monoisotopic (exact) mass is 235 g/mol. The van der Waals surface area contributed by atoms with Gasteiger partial charge in [0.15, 0.2) is 0 Å². The van der Waals surface area contributed by atoms with Crippen molar-refractivity contribution in [3.05, 3.63) is 18.1 Å². The van der Waals surface area contributed by atoms with Crippen molar-refractivity contribution in [2.24, 2.45) is 11.1 Å². The van der Waals surface area contributed by atoms with Crippen LogP contribution in [0.1, 0.15) is 45.2 Å². The molecule has 0 aromatic carbocycles. The van der Waals surface area contributed by atoms with E-state index in [4.69, 9.17) is 10.5 Å². The largest absolute Gasteiger partial charge is 0.480 e. The number of methoxy groups -OCH3 is 1.